The summed E-state index contributed by atoms with van der Waals surface area (Å²) in [4.78, 5) is 10.8. The normalized spacial score (nSPS) is 19.0. The zero-order valence-corrected chi connectivity index (χ0v) is 7.57. The summed E-state index contributed by atoms with van der Waals surface area (Å²) < 4.78 is 0. The summed E-state index contributed by atoms with van der Waals surface area (Å²) in [6, 6.07) is 0. The number of hydrogen-bond donors (Lipinski definition) is 0. The molecule has 1 saturated carbocycles. The van der Waals surface area contributed by atoms with Gasteiger partial charge in [0.25, 0.3) is 0 Å². The second-order valence-corrected chi connectivity index (χ2v) is 3.63. The summed E-state index contributed by atoms with van der Waals surface area (Å²) in [6.07, 6.45) is 7.16. The quantitative estimate of drug-likeness (QED) is 0.599. The Morgan fingerprint density at radius 2 is 2.00 bits per heavy atom. The topological polar surface area (TPSA) is 17.1 Å². The van der Waals surface area contributed by atoms with Gasteiger partial charge in [0.1, 0.15) is 5.78 Å². The summed E-state index contributed by atoms with van der Waals surface area (Å²) >= 11 is 5.39. The molecule has 0 atom stereocenters. The fraction of sp³-hybridized carbons (Fsp3) is 0.889. The Hall–Kier alpha value is -0.0400. The summed E-state index contributed by atoms with van der Waals surface area (Å²) in [5, 5.41) is 0. The van der Waals surface area contributed by atoms with Crippen molar-refractivity contribution in [3.05, 3.63) is 0 Å². The molecule has 1 nitrogen and oxygen atoms in total. The van der Waals surface area contributed by atoms with Crippen LogP contribution in [0.2, 0.25) is 0 Å². The lowest BCUT2D eigenvalue weighted by atomic mass is 10.0. The van der Waals surface area contributed by atoms with Gasteiger partial charge in [-0.1, -0.05) is 25.7 Å². The van der Waals surface area contributed by atoms with Gasteiger partial charge in [0.2, 0.25) is 0 Å². The van der Waals surface area contributed by atoms with E-state index >= 15 is 0 Å². The van der Waals surface area contributed by atoms with Crippen LogP contribution in [0.5, 0.6) is 0 Å². The molecule has 0 aromatic heterocycles. The van der Waals surface area contributed by atoms with Gasteiger partial charge in [-0.05, 0) is 12.3 Å². The van der Waals surface area contributed by atoms with E-state index in [2.05, 4.69) is 0 Å². The van der Waals surface area contributed by atoms with Crippen LogP contribution in [-0.2, 0) is 4.79 Å². The fourth-order valence-electron chi connectivity index (χ4n) is 1.73. The van der Waals surface area contributed by atoms with Gasteiger partial charge in [0.15, 0.2) is 0 Å². The van der Waals surface area contributed by atoms with Crippen molar-refractivity contribution in [3.8, 4) is 0 Å². The van der Waals surface area contributed by atoms with E-state index in [0.717, 1.165) is 12.3 Å². The van der Waals surface area contributed by atoms with E-state index in [4.69, 9.17) is 11.6 Å². The molecule has 1 rings (SSSR count). The van der Waals surface area contributed by atoms with Gasteiger partial charge in [-0.25, -0.2) is 0 Å². The highest BCUT2D eigenvalue weighted by Gasteiger charge is 2.15. The molecule has 0 aliphatic heterocycles. The predicted molar refractivity (Wildman–Crippen MR) is 46.9 cm³/mol. The molecule has 0 aromatic carbocycles. The van der Waals surface area contributed by atoms with Gasteiger partial charge in [-0.15, -0.1) is 11.6 Å². The Balaban J connectivity index is 2.06. The zero-order valence-electron chi connectivity index (χ0n) is 6.81. The van der Waals surface area contributed by atoms with Crippen LogP contribution >= 0.6 is 11.6 Å². The van der Waals surface area contributed by atoms with Gasteiger partial charge in [0, 0.05) is 6.42 Å². The molecule has 0 spiro atoms. The van der Waals surface area contributed by atoms with Gasteiger partial charge in [-0.3, -0.25) is 4.79 Å². The number of halogens is 1. The summed E-state index contributed by atoms with van der Waals surface area (Å²) in [7, 11) is 0. The third kappa shape index (κ3) is 3.24. The van der Waals surface area contributed by atoms with E-state index in [1.165, 1.54) is 25.7 Å². The van der Waals surface area contributed by atoms with E-state index in [-0.39, 0.29) is 11.7 Å². The van der Waals surface area contributed by atoms with E-state index in [1.807, 2.05) is 0 Å². The second kappa shape index (κ2) is 4.76. The standard InChI is InChI=1S/C9H15ClO/c10-7-9(11)6-5-8-3-1-2-4-8/h8H,1-7H2. The molecule has 2 heteroatoms. The lowest BCUT2D eigenvalue weighted by Gasteiger charge is -2.05. The summed E-state index contributed by atoms with van der Waals surface area (Å²) in [6.45, 7) is 0. The molecule has 0 radical (unpaired) electrons. The van der Waals surface area contributed by atoms with Crippen molar-refractivity contribution in [2.24, 2.45) is 5.92 Å². The SMILES string of the molecule is O=C(CCl)CCC1CCCC1. The van der Waals surface area contributed by atoms with Crippen LogP contribution in [0.4, 0.5) is 0 Å². The molecule has 0 heterocycles. The molecule has 1 fully saturated rings. The van der Waals surface area contributed by atoms with Crippen molar-refractivity contribution >= 4 is 17.4 Å². The molecule has 0 N–H and O–H groups in total. The first-order valence-electron chi connectivity index (χ1n) is 4.40. The Morgan fingerprint density at radius 1 is 1.36 bits per heavy atom. The average molecular weight is 175 g/mol. The lowest BCUT2D eigenvalue weighted by Crippen LogP contribution is -2.02. The van der Waals surface area contributed by atoms with E-state index in [9.17, 15) is 4.79 Å². The molecule has 0 bridgehead atoms. The summed E-state index contributed by atoms with van der Waals surface area (Å²) in [5.74, 6) is 1.23. The van der Waals surface area contributed by atoms with Gasteiger partial charge in [0.05, 0.1) is 5.88 Å². The monoisotopic (exact) mass is 174 g/mol. The van der Waals surface area contributed by atoms with Crippen LogP contribution in [0.3, 0.4) is 0 Å². The van der Waals surface area contributed by atoms with E-state index < -0.39 is 0 Å². The number of hydrogen-bond acceptors (Lipinski definition) is 1. The first-order chi connectivity index (χ1) is 5.33. The van der Waals surface area contributed by atoms with Crippen LogP contribution < -0.4 is 0 Å². The lowest BCUT2D eigenvalue weighted by molar-refractivity contribution is -0.117. The molecule has 0 aromatic rings. The number of alkyl halides is 1. The van der Waals surface area contributed by atoms with Crippen LogP contribution in [0.25, 0.3) is 0 Å². The Kier molecular flexibility index (Phi) is 3.92. The van der Waals surface area contributed by atoms with Crippen LogP contribution in [0.1, 0.15) is 38.5 Å². The number of carbonyl (C=O) groups is 1. The maximum atomic E-state index is 10.8. The molecule has 1 aliphatic carbocycles. The first-order valence-corrected chi connectivity index (χ1v) is 4.94. The number of carbonyl (C=O) groups excluding carboxylic acids is 1. The van der Waals surface area contributed by atoms with Gasteiger partial charge >= 0.3 is 0 Å². The van der Waals surface area contributed by atoms with Crippen molar-refractivity contribution < 1.29 is 4.79 Å². The van der Waals surface area contributed by atoms with Crippen LogP contribution in [-0.4, -0.2) is 11.7 Å². The maximum Gasteiger partial charge on any atom is 0.147 e. The van der Waals surface area contributed by atoms with E-state index in [0.29, 0.717) is 6.42 Å². The smallest absolute Gasteiger partial charge is 0.147 e. The van der Waals surface area contributed by atoms with Gasteiger partial charge < -0.3 is 0 Å². The third-order valence-corrected chi connectivity index (χ3v) is 2.75. The van der Waals surface area contributed by atoms with Crippen molar-refractivity contribution in [2.45, 2.75) is 38.5 Å². The Bertz CT molecular complexity index is 128. The minimum Gasteiger partial charge on any atom is -0.298 e. The molecule has 0 saturated heterocycles. The van der Waals surface area contributed by atoms with Crippen molar-refractivity contribution in [2.75, 3.05) is 5.88 Å². The van der Waals surface area contributed by atoms with Crippen LogP contribution in [0.15, 0.2) is 0 Å². The van der Waals surface area contributed by atoms with Crippen molar-refractivity contribution in [1.82, 2.24) is 0 Å². The highest BCUT2D eigenvalue weighted by atomic mass is 35.5. The molecule has 1 aliphatic rings. The van der Waals surface area contributed by atoms with Gasteiger partial charge in [-0.2, -0.15) is 0 Å². The van der Waals surface area contributed by atoms with Crippen LogP contribution in [0, 0.1) is 5.92 Å². The molecular formula is C9H15ClO. The predicted octanol–water partition coefficient (Wildman–Crippen LogP) is 2.76. The molecule has 0 amide bonds. The zero-order chi connectivity index (χ0) is 8.10. The minimum absolute atomic E-state index is 0.201. The summed E-state index contributed by atoms with van der Waals surface area (Å²) in [5.41, 5.74) is 0. The molecule has 64 valence electrons. The number of ketones is 1. The second-order valence-electron chi connectivity index (χ2n) is 3.36. The minimum atomic E-state index is 0.201. The largest absolute Gasteiger partial charge is 0.298 e. The molecular weight excluding hydrogens is 160 g/mol. The Labute approximate surface area is 73.1 Å². The molecule has 0 unspecified atom stereocenters. The van der Waals surface area contributed by atoms with Crippen molar-refractivity contribution in [3.63, 3.8) is 0 Å². The molecule has 11 heavy (non-hydrogen) atoms. The fourth-order valence-corrected chi connectivity index (χ4v) is 1.86. The highest BCUT2D eigenvalue weighted by molar-refractivity contribution is 6.27. The maximum absolute atomic E-state index is 10.8. The highest BCUT2D eigenvalue weighted by Crippen LogP contribution is 2.28. The third-order valence-electron chi connectivity index (χ3n) is 2.46. The van der Waals surface area contributed by atoms with E-state index in [1.54, 1.807) is 0 Å². The number of rotatable bonds is 4. The number of Topliss-reactive ketones (excluding diaryl/α,β-unsaturated/α-hetero) is 1. The first kappa shape index (κ1) is 9.05. The van der Waals surface area contributed by atoms with Crippen molar-refractivity contribution in [1.29, 1.82) is 0 Å². The Morgan fingerprint density at radius 3 is 2.55 bits per heavy atom. The average Bonchev–Trinajstić information content (AvgIpc) is 2.52.